The second-order valence-electron chi connectivity index (χ2n) is 10.6. The average Bonchev–Trinajstić information content (AvgIpc) is 3.70. The zero-order valence-electron chi connectivity index (χ0n) is 21.3. The maximum absolute atomic E-state index is 13.4. The molecule has 2 aromatic heterocycles. The zero-order chi connectivity index (χ0) is 26.1. The van der Waals surface area contributed by atoms with Gasteiger partial charge >= 0.3 is 0 Å². The van der Waals surface area contributed by atoms with Gasteiger partial charge in [-0.15, -0.1) is 0 Å². The van der Waals surface area contributed by atoms with E-state index in [0.29, 0.717) is 23.8 Å². The number of halogens is 1. The van der Waals surface area contributed by atoms with Crippen molar-refractivity contribution in [2.45, 2.75) is 38.6 Å². The number of aromatic nitrogens is 2. The van der Waals surface area contributed by atoms with Crippen molar-refractivity contribution in [3.8, 4) is 0 Å². The Labute approximate surface area is 220 Å². The Kier molecular flexibility index (Phi) is 6.81. The van der Waals surface area contributed by atoms with Crippen LogP contribution in [-0.4, -0.2) is 46.3 Å². The van der Waals surface area contributed by atoms with E-state index >= 15 is 0 Å². The quantitative estimate of drug-likeness (QED) is 0.301. The van der Waals surface area contributed by atoms with Gasteiger partial charge in [-0.2, -0.15) is 0 Å². The number of nitrogens with one attached hydrogen (secondary N) is 3. The summed E-state index contributed by atoms with van der Waals surface area (Å²) in [4.78, 5) is 35.2. The van der Waals surface area contributed by atoms with Crippen LogP contribution < -0.4 is 10.6 Å². The summed E-state index contributed by atoms with van der Waals surface area (Å²) in [6.45, 7) is 3.40. The number of H-pyrrole nitrogens is 1. The van der Waals surface area contributed by atoms with Crippen molar-refractivity contribution in [1.29, 1.82) is 0 Å². The van der Waals surface area contributed by atoms with Gasteiger partial charge in [0, 0.05) is 47.1 Å². The first kappa shape index (κ1) is 24.6. The molecule has 0 radical (unpaired) electrons. The molecule has 0 atom stereocenters. The fourth-order valence-electron chi connectivity index (χ4n) is 5.45. The minimum atomic E-state index is -0.184. The van der Waals surface area contributed by atoms with E-state index in [0.717, 1.165) is 79.1 Å². The van der Waals surface area contributed by atoms with Crippen molar-refractivity contribution >= 4 is 39.4 Å². The Morgan fingerprint density at radius 3 is 2.66 bits per heavy atom. The maximum Gasteiger partial charge on any atom is 0.251 e. The first-order valence-electron chi connectivity index (χ1n) is 13.5. The van der Waals surface area contributed by atoms with Gasteiger partial charge in [0.25, 0.3) is 5.91 Å². The van der Waals surface area contributed by atoms with Crippen LogP contribution in [0.3, 0.4) is 0 Å². The standard InChI is InChI=1S/C30H32FN5O2/c31-23-3-1-2-20(16-23)18-36-14-10-19(11-15-36)8-12-33-29(37)22-6-7-24-25-9-13-32-28(27(25)34-26(24)17-22)35-30(38)21-4-5-21/h1-3,6-7,9,13,16-17,19,21,34H,4-5,8,10-12,14-15,18H2,(H,33,37)(H,32,35,38). The molecule has 1 aliphatic heterocycles. The van der Waals surface area contributed by atoms with Crippen LogP contribution in [0.15, 0.2) is 54.7 Å². The summed E-state index contributed by atoms with van der Waals surface area (Å²) >= 11 is 0. The number of piperidine rings is 1. The highest BCUT2D eigenvalue weighted by atomic mass is 19.1. The van der Waals surface area contributed by atoms with Crippen LogP contribution in [0, 0.1) is 17.7 Å². The monoisotopic (exact) mass is 513 g/mol. The van der Waals surface area contributed by atoms with E-state index < -0.39 is 0 Å². The van der Waals surface area contributed by atoms with E-state index in [4.69, 9.17) is 0 Å². The Bertz CT molecular complexity index is 1490. The fraction of sp³-hybridized carbons (Fsp3) is 0.367. The van der Waals surface area contributed by atoms with Crippen molar-refractivity contribution in [3.05, 3.63) is 71.7 Å². The Morgan fingerprint density at radius 1 is 1.03 bits per heavy atom. The molecule has 2 aromatic carbocycles. The molecule has 196 valence electrons. The molecule has 1 aliphatic carbocycles. The minimum Gasteiger partial charge on any atom is -0.352 e. The molecule has 2 aliphatic rings. The number of amides is 2. The van der Waals surface area contributed by atoms with Gasteiger partial charge in [0.15, 0.2) is 5.82 Å². The van der Waals surface area contributed by atoms with Crippen LogP contribution in [0.2, 0.25) is 0 Å². The van der Waals surface area contributed by atoms with Crippen molar-refractivity contribution in [1.82, 2.24) is 20.2 Å². The third kappa shape index (κ3) is 5.41. The summed E-state index contributed by atoms with van der Waals surface area (Å²) < 4.78 is 13.4. The highest BCUT2D eigenvalue weighted by molar-refractivity contribution is 6.13. The Balaban J connectivity index is 1.03. The number of hydrogen-bond acceptors (Lipinski definition) is 4. The van der Waals surface area contributed by atoms with Crippen LogP contribution in [0.25, 0.3) is 21.8 Å². The molecule has 3 N–H and O–H groups in total. The lowest BCUT2D eigenvalue weighted by Crippen LogP contribution is -2.34. The largest absolute Gasteiger partial charge is 0.352 e. The van der Waals surface area contributed by atoms with Crippen LogP contribution >= 0.6 is 0 Å². The summed E-state index contributed by atoms with van der Waals surface area (Å²) in [5.74, 6) is 0.946. The highest BCUT2D eigenvalue weighted by Gasteiger charge is 2.30. The van der Waals surface area contributed by atoms with E-state index in [1.54, 1.807) is 18.3 Å². The van der Waals surface area contributed by atoms with Gasteiger partial charge < -0.3 is 15.6 Å². The third-order valence-electron chi connectivity index (χ3n) is 7.81. The first-order chi connectivity index (χ1) is 18.5. The highest BCUT2D eigenvalue weighted by Crippen LogP contribution is 2.33. The van der Waals surface area contributed by atoms with E-state index in [9.17, 15) is 14.0 Å². The molecule has 4 aromatic rings. The molecule has 6 rings (SSSR count). The summed E-state index contributed by atoms with van der Waals surface area (Å²) in [5, 5.41) is 7.98. The number of aromatic amines is 1. The number of hydrogen-bond donors (Lipinski definition) is 3. The van der Waals surface area contributed by atoms with E-state index in [2.05, 4.69) is 25.5 Å². The van der Waals surface area contributed by atoms with Crippen molar-refractivity contribution in [3.63, 3.8) is 0 Å². The van der Waals surface area contributed by atoms with Gasteiger partial charge in [-0.1, -0.05) is 18.2 Å². The number of nitrogens with zero attached hydrogens (tertiary/aromatic N) is 2. The van der Waals surface area contributed by atoms with Crippen molar-refractivity contribution in [2.24, 2.45) is 11.8 Å². The molecule has 0 unspecified atom stereocenters. The second kappa shape index (κ2) is 10.5. The lowest BCUT2D eigenvalue weighted by Gasteiger charge is -2.32. The molecule has 1 saturated heterocycles. The number of rotatable bonds is 8. The van der Waals surface area contributed by atoms with Gasteiger partial charge in [-0.25, -0.2) is 9.37 Å². The molecule has 3 heterocycles. The summed E-state index contributed by atoms with van der Waals surface area (Å²) in [6.07, 6.45) is 6.68. The molecule has 38 heavy (non-hydrogen) atoms. The smallest absolute Gasteiger partial charge is 0.251 e. The van der Waals surface area contributed by atoms with E-state index in [1.807, 2.05) is 30.3 Å². The first-order valence-corrected chi connectivity index (χ1v) is 13.5. The Morgan fingerprint density at radius 2 is 1.87 bits per heavy atom. The second-order valence-corrected chi connectivity index (χ2v) is 10.6. The summed E-state index contributed by atoms with van der Waals surface area (Å²) in [6, 6.07) is 14.4. The number of carbonyl (C=O) groups is 2. The van der Waals surface area contributed by atoms with Gasteiger partial charge in [0.05, 0.1) is 5.52 Å². The molecule has 8 heteroatoms. The molecule has 2 amide bonds. The molecule has 0 bridgehead atoms. The number of carbonyl (C=O) groups excluding carboxylic acids is 2. The predicted molar refractivity (Wildman–Crippen MR) is 146 cm³/mol. The zero-order valence-corrected chi connectivity index (χ0v) is 21.3. The molecule has 0 spiro atoms. The van der Waals surface area contributed by atoms with Gasteiger partial charge in [0.2, 0.25) is 5.91 Å². The molecule has 7 nitrogen and oxygen atoms in total. The number of benzene rings is 2. The number of pyridine rings is 1. The fourth-order valence-corrected chi connectivity index (χ4v) is 5.45. The molecule has 2 fully saturated rings. The van der Waals surface area contributed by atoms with Crippen LogP contribution in [0.4, 0.5) is 10.2 Å². The van der Waals surface area contributed by atoms with Gasteiger partial charge in [-0.05, 0) is 87.0 Å². The SMILES string of the molecule is O=C(NCCC1CCN(Cc2cccc(F)c2)CC1)c1ccc2c(c1)[nH]c1c(NC(=O)C3CC3)nccc12. The normalized spacial score (nSPS) is 16.7. The van der Waals surface area contributed by atoms with Crippen molar-refractivity contribution < 1.29 is 14.0 Å². The van der Waals surface area contributed by atoms with Gasteiger partial charge in [-0.3, -0.25) is 14.5 Å². The van der Waals surface area contributed by atoms with Crippen LogP contribution in [-0.2, 0) is 11.3 Å². The van der Waals surface area contributed by atoms with Crippen molar-refractivity contribution in [2.75, 3.05) is 25.0 Å². The summed E-state index contributed by atoms with van der Waals surface area (Å²) in [7, 11) is 0. The minimum absolute atomic E-state index is 0.0148. The molecule has 1 saturated carbocycles. The molecular formula is C30H32FN5O2. The molecular weight excluding hydrogens is 481 g/mol. The third-order valence-corrected chi connectivity index (χ3v) is 7.81. The van der Waals surface area contributed by atoms with Crippen LogP contribution in [0.5, 0.6) is 0 Å². The number of fused-ring (bicyclic) bond motifs is 3. The predicted octanol–water partition coefficient (Wildman–Crippen LogP) is 5.24. The van der Waals surface area contributed by atoms with Gasteiger partial charge in [0.1, 0.15) is 5.82 Å². The van der Waals surface area contributed by atoms with E-state index in [1.165, 1.54) is 6.07 Å². The average molecular weight is 514 g/mol. The maximum atomic E-state index is 13.4. The van der Waals surface area contributed by atoms with Crippen LogP contribution in [0.1, 0.15) is 48.0 Å². The topological polar surface area (TPSA) is 90.1 Å². The lowest BCUT2D eigenvalue weighted by molar-refractivity contribution is -0.117. The Hall–Kier alpha value is -3.78. The van der Waals surface area contributed by atoms with E-state index in [-0.39, 0.29) is 23.5 Å². The summed E-state index contributed by atoms with van der Waals surface area (Å²) in [5.41, 5.74) is 3.23. The number of anilines is 1. The number of likely N-dealkylation sites (tertiary alicyclic amines) is 1. The lowest BCUT2D eigenvalue weighted by atomic mass is 9.93.